The van der Waals surface area contributed by atoms with Crippen LogP contribution in [0.25, 0.3) is 10.8 Å². The number of allylic oxidation sites excluding steroid dienone is 3. The molecule has 3 aromatic rings. The number of Topliss-reactive ketones (excluding diaryl/α,β-unsaturated/α-hetero) is 1. The predicted molar refractivity (Wildman–Crippen MR) is 150 cm³/mol. The van der Waals surface area contributed by atoms with Crippen LogP contribution in [0.4, 0.5) is 0 Å². The number of nitrogens with one attached hydrogen (secondary N) is 1. The van der Waals surface area contributed by atoms with E-state index in [0.717, 1.165) is 64.5 Å². The van der Waals surface area contributed by atoms with Crippen LogP contribution < -0.4 is 5.32 Å². The van der Waals surface area contributed by atoms with Crippen LogP contribution in [0.15, 0.2) is 89.3 Å². The molecular formula is C33H32N2O4. The molecule has 1 aliphatic carbocycles. The van der Waals surface area contributed by atoms with Crippen molar-refractivity contribution in [1.82, 2.24) is 10.2 Å². The Labute approximate surface area is 228 Å². The van der Waals surface area contributed by atoms with Crippen molar-refractivity contribution in [2.24, 2.45) is 0 Å². The lowest BCUT2D eigenvalue weighted by molar-refractivity contribution is -0.128. The topological polar surface area (TPSA) is 86.7 Å². The van der Waals surface area contributed by atoms with E-state index < -0.39 is 11.9 Å². The second-order valence-corrected chi connectivity index (χ2v) is 10.8. The van der Waals surface area contributed by atoms with Crippen LogP contribution in [0.2, 0.25) is 0 Å². The normalized spacial score (nSPS) is 20.2. The molecule has 6 nitrogen and oxygen atoms in total. The molecular weight excluding hydrogens is 488 g/mol. The monoisotopic (exact) mass is 520 g/mol. The molecule has 2 heterocycles. The van der Waals surface area contributed by atoms with E-state index in [-0.39, 0.29) is 23.2 Å². The van der Waals surface area contributed by atoms with Crippen LogP contribution in [0.1, 0.15) is 72.3 Å². The maximum absolute atomic E-state index is 14.3. The molecule has 2 N–H and O–H groups in total. The number of carbonyl (C=O) groups excluding carboxylic acids is 2. The molecule has 6 heteroatoms. The minimum Gasteiger partial charge on any atom is -0.478 e. The Morgan fingerprint density at radius 2 is 1.64 bits per heavy atom. The lowest BCUT2D eigenvalue weighted by Crippen LogP contribution is -2.43. The molecule has 1 amide bonds. The minimum absolute atomic E-state index is 0.0115. The van der Waals surface area contributed by atoms with E-state index >= 15 is 0 Å². The SMILES string of the molecule is CC1=C(C(=O)N2CCC(c3ccc(C(=O)O)cc3)CC2)C(c2cccc3ccccc23)C2=C(CCCC2=O)N1. The zero-order chi connectivity index (χ0) is 27.1. The van der Waals surface area contributed by atoms with Gasteiger partial charge in [0.05, 0.1) is 5.56 Å². The van der Waals surface area contributed by atoms with Crippen LogP contribution in [0.3, 0.4) is 0 Å². The van der Waals surface area contributed by atoms with Crippen molar-refractivity contribution in [1.29, 1.82) is 0 Å². The fourth-order valence-corrected chi connectivity index (χ4v) is 6.56. The first kappa shape index (κ1) is 25.1. The van der Waals surface area contributed by atoms with Gasteiger partial charge in [-0.1, -0.05) is 54.6 Å². The van der Waals surface area contributed by atoms with Crippen molar-refractivity contribution in [3.8, 4) is 0 Å². The van der Waals surface area contributed by atoms with Gasteiger partial charge in [-0.3, -0.25) is 9.59 Å². The number of benzene rings is 3. The Morgan fingerprint density at radius 3 is 2.38 bits per heavy atom. The lowest BCUT2D eigenvalue weighted by Gasteiger charge is -2.38. The largest absolute Gasteiger partial charge is 0.478 e. The fourth-order valence-electron chi connectivity index (χ4n) is 6.56. The number of carboxylic acids is 1. The van der Waals surface area contributed by atoms with Crippen LogP contribution in [0, 0.1) is 0 Å². The maximum atomic E-state index is 14.3. The van der Waals surface area contributed by atoms with Crippen molar-refractivity contribution < 1.29 is 19.5 Å². The van der Waals surface area contributed by atoms with Crippen LogP contribution in [-0.4, -0.2) is 40.8 Å². The highest BCUT2D eigenvalue weighted by Crippen LogP contribution is 2.45. The molecule has 6 rings (SSSR count). The Hall–Kier alpha value is -4.19. The van der Waals surface area contributed by atoms with E-state index in [1.807, 2.05) is 42.2 Å². The third-order valence-electron chi connectivity index (χ3n) is 8.55. The number of hydrogen-bond acceptors (Lipinski definition) is 4. The van der Waals surface area contributed by atoms with Gasteiger partial charge in [0.25, 0.3) is 5.91 Å². The van der Waals surface area contributed by atoms with Gasteiger partial charge in [0, 0.05) is 48.0 Å². The molecule has 1 fully saturated rings. The van der Waals surface area contributed by atoms with E-state index in [4.69, 9.17) is 0 Å². The number of likely N-dealkylation sites (tertiary alicyclic amines) is 1. The summed E-state index contributed by atoms with van der Waals surface area (Å²) in [5.74, 6) is -0.929. The minimum atomic E-state index is -0.929. The summed E-state index contributed by atoms with van der Waals surface area (Å²) in [4.78, 5) is 40.8. The van der Waals surface area contributed by atoms with Gasteiger partial charge in [-0.05, 0) is 72.6 Å². The number of rotatable bonds is 4. The van der Waals surface area contributed by atoms with E-state index in [0.29, 0.717) is 25.1 Å². The molecule has 0 bridgehead atoms. The molecule has 3 aromatic carbocycles. The molecule has 2 aliphatic heterocycles. The summed E-state index contributed by atoms with van der Waals surface area (Å²) < 4.78 is 0. The zero-order valence-electron chi connectivity index (χ0n) is 22.1. The summed E-state index contributed by atoms with van der Waals surface area (Å²) in [6.45, 7) is 3.19. The smallest absolute Gasteiger partial charge is 0.335 e. The number of carboxylic acid groups (broad SMARTS) is 1. The van der Waals surface area contributed by atoms with Crippen molar-refractivity contribution in [3.63, 3.8) is 0 Å². The Morgan fingerprint density at radius 1 is 0.923 bits per heavy atom. The Bertz CT molecular complexity index is 1540. The van der Waals surface area contributed by atoms with Crippen molar-refractivity contribution >= 4 is 28.4 Å². The van der Waals surface area contributed by atoms with Gasteiger partial charge in [0.1, 0.15) is 0 Å². The summed E-state index contributed by atoms with van der Waals surface area (Å²) in [5.41, 5.74) is 5.61. The van der Waals surface area contributed by atoms with Gasteiger partial charge >= 0.3 is 5.97 Å². The number of piperidine rings is 1. The highest BCUT2D eigenvalue weighted by atomic mass is 16.4. The number of amides is 1. The van der Waals surface area contributed by atoms with Crippen LogP contribution in [-0.2, 0) is 9.59 Å². The van der Waals surface area contributed by atoms with Gasteiger partial charge in [-0.25, -0.2) is 4.79 Å². The van der Waals surface area contributed by atoms with E-state index in [1.165, 1.54) is 0 Å². The summed E-state index contributed by atoms with van der Waals surface area (Å²) in [7, 11) is 0. The number of nitrogens with zero attached hydrogens (tertiary/aromatic N) is 1. The average Bonchev–Trinajstić information content (AvgIpc) is 2.96. The van der Waals surface area contributed by atoms with E-state index in [2.05, 4.69) is 29.6 Å². The van der Waals surface area contributed by atoms with Gasteiger partial charge in [0.2, 0.25) is 0 Å². The molecule has 39 heavy (non-hydrogen) atoms. The molecule has 0 aromatic heterocycles. The molecule has 1 saturated heterocycles. The first-order valence-corrected chi connectivity index (χ1v) is 13.8. The first-order chi connectivity index (χ1) is 18.9. The highest BCUT2D eigenvalue weighted by molar-refractivity contribution is 6.06. The predicted octanol–water partition coefficient (Wildman–Crippen LogP) is 5.91. The average molecular weight is 521 g/mol. The summed E-state index contributed by atoms with van der Waals surface area (Å²) in [6, 6.07) is 21.4. The van der Waals surface area contributed by atoms with Gasteiger partial charge in [-0.2, -0.15) is 0 Å². The molecule has 0 spiro atoms. The first-order valence-electron chi connectivity index (χ1n) is 13.8. The number of ketones is 1. The van der Waals surface area contributed by atoms with Gasteiger partial charge in [0.15, 0.2) is 5.78 Å². The molecule has 198 valence electrons. The van der Waals surface area contributed by atoms with Crippen molar-refractivity contribution in [3.05, 3.63) is 106 Å². The van der Waals surface area contributed by atoms with Gasteiger partial charge in [-0.15, -0.1) is 0 Å². The second kappa shape index (κ2) is 10.2. The Kier molecular flexibility index (Phi) is 6.55. The highest BCUT2D eigenvalue weighted by Gasteiger charge is 2.40. The molecule has 1 unspecified atom stereocenters. The molecule has 1 atom stereocenters. The third kappa shape index (κ3) is 4.54. The van der Waals surface area contributed by atoms with Crippen LogP contribution >= 0.6 is 0 Å². The standard InChI is InChI=1S/C33H32N2O4/c1-20-29(32(37)35-18-16-22(17-19-35)21-12-14-24(15-13-21)33(38)39)30(31-27(34-20)10-5-11-28(31)36)26-9-4-7-23-6-2-3-8-25(23)26/h2-4,6-9,12-15,22,30,34H,5,10-11,16-19H2,1H3,(H,38,39). The number of carbonyl (C=O) groups is 3. The maximum Gasteiger partial charge on any atom is 0.335 e. The van der Waals surface area contributed by atoms with Crippen molar-refractivity contribution in [2.75, 3.05) is 13.1 Å². The number of dihydropyridines is 1. The van der Waals surface area contributed by atoms with E-state index in [1.54, 1.807) is 12.1 Å². The molecule has 0 radical (unpaired) electrons. The van der Waals surface area contributed by atoms with Gasteiger partial charge < -0.3 is 15.3 Å². The number of hydrogen-bond donors (Lipinski definition) is 2. The second-order valence-electron chi connectivity index (χ2n) is 10.8. The number of fused-ring (bicyclic) bond motifs is 1. The molecule has 0 saturated carbocycles. The third-order valence-corrected chi connectivity index (χ3v) is 8.55. The molecule has 3 aliphatic rings. The summed E-state index contributed by atoms with van der Waals surface area (Å²) >= 11 is 0. The lowest BCUT2D eigenvalue weighted by atomic mass is 9.73. The van der Waals surface area contributed by atoms with Crippen molar-refractivity contribution in [2.45, 2.75) is 50.9 Å². The Balaban J connectivity index is 1.32. The summed E-state index contributed by atoms with van der Waals surface area (Å²) in [6.07, 6.45) is 3.76. The fraction of sp³-hybridized carbons (Fsp3) is 0.303. The summed E-state index contributed by atoms with van der Waals surface area (Å²) in [5, 5.41) is 14.8. The zero-order valence-corrected chi connectivity index (χ0v) is 22.1. The van der Waals surface area contributed by atoms with Crippen LogP contribution in [0.5, 0.6) is 0 Å². The quantitative estimate of drug-likeness (QED) is 0.447. The number of aromatic carboxylic acids is 1. The van der Waals surface area contributed by atoms with E-state index in [9.17, 15) is 19.5 Å².